The third kappa shape index (κ3) is 2.10. The van der Waals surface area contributed by atoms with Gasteiger partial charge >= 0.3 is 0 Å². The molecule has 0 saturated carbocycles. The molecule has 82 valence electrons. The second kappa shape index (κ2) is 4.11. The van der Waals surface area contributed by atoms with E-state index in [0.29, 0.717) is 6.04 Å². The van der Waals surface area contributed by atoms with Crippen molar-refractivity contribution in [2.45, 2.75) is 30.4 Å². The van der Waals surface area contributed by atoms with Gasteiger partial charge in [-0.25, -0.2) is 0 Å². The lowest BCUT2D eigenvalue weighted by Gasteiger charge is -2.39. The fourth-order valence-electron chi connectivity index (χ4n) is 2.19. The van der Waals surface area contributed by atoms with E-state index in [9.17, 15) is 0 Å². The molecule has 0 bridgehead atoms. The SMILES string of the molecule is CNC1c2cc(Br)ccc2CSC1(C)C. The highest BCUT2D eigenvalue weighted by Gasteiger charge is 2.35. The van der Waals surface area contributed by atoms with Crippen LogP contribution in [0.15, 0.2) is 22.7 Å². The van der Waals surface area contributed by atoms with Crippen LogP contribution in [0.2, 0.25) is 0 Å². The molecule has 1 nitrogen and oxygen atoms in total. The second-order valence-corrected chi connectivity index (χ2v) is 7.00. The maximum absolute atomic E-state index is 3.55. The van der Waals surface area contributed by atoms with Crippen molar-refractivity contribution in [2.24, 2.45) is 0 Å². The van der Waals surface area contributed by atoms with Gasteiger partial charge in [0.15, 0.2) is 0 Å². The van der Waals surface area contributed by atoms with E-state index < -0.39 is 0 Å². The van der Waals surface area contributed by atoms with Gasteiger partial charge in [0.1, 0.15) is 0 Å². The van der Waals surface area contributed by atoms with Crippen molar-refractivity contribution in [3.05, 3.63) is 33.8 Å². The number of hydrogen-bond acceptors (Lipinski definition) is 2. The zero-order valence-electron chi connectivity index (χ0n) is 9.30. The highest BCUT2D eigenvalue weighted by molar-refractivity contribution is 9.10. The van der Waals surface area contributed by atoms with Gasteiger partial charge < -0.3 is 5.32 Å². The molecule has 0 aromatic heterocycles. The fraction of sp³-hybridized carbons (Fsp3) is 0.500. The first-order valence-corrected chi connectivity index (χ1v) is 6.92. The van der Waals surface area contributed by atoms with Gasteiger partial charge in [-0.15, -0.1) is 11.8 Å². The lowest BCUT2D eigenvalue weighted by Crippen LogP contribution is -2.38. The largest absolute Gasteiger partial charge is 0.312 e. The van der Waals surface area contributed by atoms with Crippen molar-refractivity contribution >= 4 is 27.7 Å². The first-order valence-electron chi connectivity index (χ1n) is 5.14. The summed E-state index contributed by atoms with van der Waals surface area (Å²) in [4.78, 5) is 0. The standard InChI is InChI=1S/C12H16BrNS/c1-12(2)11(14-3)10-6-9(13)5-4-8(10)7-15-12/h4-6,11,14H,7H2,1-3H3. The van der Waals surface area contributed by atoms with Crippen molar-refractivity contribution in [3.63, 3.8) is 0 Å². The first-order chi connectivity index (χ1) is 7.04. The Bertz CT molecular complexity index is 376. The number of benzene rings is 1. The molecule has 1 atom stereocenters. The van der Waals surface area contributed by atoms with E-state index in [4.69, 9.17) is 0 Å². The van der Waals surface area contributed by atoms with Gasteiger partial charge in [0.25, 0.3) is 0 Å². The van der Waals surface area contributed by atoms with Crippen LogP contribution < -0.4 is 5.32 Å². The van der Waals surface area contributed by atoms with Gasteiger partial charge in [0, 0.05) is 21.0 Å². The minimum Gasteiger partial charge on any atom is -0.312 e. The van der Waals surface area contributed by atoms with Crippen LogP contribution in [-0.4, -0.2) is 11.8 Å². The molecular formula is C12H16BrNS. The van der Waals surface area contributed by atoms with E-state index in [1.165, 1.54) is 15.6 Å². The van der Waals surface area contributed by atoms with Crippen LogP contribution in [0.1, 0.15) is 31.0 Å². The molecule has 2 rings (SSSR count). The number of rotatable bonds is 1. The Morgan fingerprint density at radius 1 is 1.47 bits per heavy atom. The van der Waals surface area contributed by atoms with Gasteiger partial charge in [0.05, 0.1) is 0 Å². The van der Waals surface area contributed by atoms with E-state index in [1.807, 2.05) is 18.8 Å². The van der Waals surface area contributed by atoms with Crippen molar-refractivity contribution in [2.75, 3.05) is 7.05 Å². The number of halogens is 1. The summed E-state index contributed by atoms with van der Waals surface area (Å²) in [5.41, 5.74) is 2.90. The zero-order valence-corrected chi connectivity index (χ0v) is 11.7. The minimum atomic E-state index is 0.266. The molecular weight excluding hydrogens is 270 g/mol. The topological polar surface area (TPSA) is 12.0 Å². The van der Waals surface area contributed by atoms with E-state index in [-0.39, 0.29) is 4.75 Å². The van der Waals surface area contributed by atoms with Crippen molar-refractivity contribution in [1.82, 2.24) is 5.32 Å². The summed E-state index contributed by atoms with van der Waals surface area (Å²) in [7, 11) is 2.04. The molecule has 3 heteroatoms. The summed E-state index contributed by atoms with van der Waals surface area (Å²) < 4.78 is 1.44. The summed E-state index contributed by atoms with van der Waals surface area (Å²) in [5, 5.41) is 3.44. The third-order valence-corrected chi connectivity index (χ3v) is 4.93. The van der Waals surface area contributed by atoms with E-state index >= 15 is 0 Å². The van der Waals surface area contributed by atoms with Crippen molar-refractivity contribution in [3.8, 4) is 0 Å². The first kappa shape index (κ1) is 11.5. The van der Waals surface area contributed by atoms with Gasteiger partial charge in [-0.3, -0.25) is 0 Å². The molecule has 0 fully saturated rings. The van der Waals surface area contributed by atoms with Gasteiger partial charge in [-0.2, -0.15) is 0 Å². The predicted molar refractivity (Wildman–Crippen MR) is 71.3 cm³/mol. The van der Waals surface area contributed by atoms with Crippen molar-refractivity contribution < 1.29 is 0 Å². The predicted octanol–water partition coefficient (Wildman–Crippen LogP) is 3.74. The Balaban J connectivity index is 2.49. The van der Waals surface area contributed by atoms with Crippen LogP contribution in [0.25, 0.3) is 0 Å². The molecule has 1 aliphatic heterocycles. The maximum atomic E-state index is 3.55. The Hall–Kier alpha value is 0.01000. The quantitative estimate of drug-likeness (QED) is 0.844. The number of hydrogen-bond donors (Lipinski definition) is 1. The summed E-state index contributed by atoms with van der Waals surface area (Å²) in [6, 6.07) is 7.04. The van der Waals surface area contributed by atoms with E-state index in [0.717, 1.165) is 5.75 Å². The Labute approximate surface area is 104 Å². The Morgan fingerprint density at radius 3 is 2.87 bits per heavy atom. The van der Waals surface area contributed by atoms with Crippen LogP contribution in [0.4, 0.5) is 0 Å². The number of nitrogens with one attached hydrogen (secondary N) is 1. The average molecular weight is 286 g/mol. The zero-order chi connectivity index (χ0) is 11.1. The second-order valence-electron chi connectivity index (χ2n) is 4.46. The molecule has 1 aliphatic rings. The molecule has 1 heterocycles. The van der Waals surface area contributed by atoms with Gasteiger partial charge in [0.2, 0.25) is 0 Å². The number of fused-ring (bicyclic) bond motifs is 1. The summed E-state index contributed by atoms with van der Waals surface area (Å²) in [5.74, 6) is 1.12. The molecule has 0 radical (unpaired) electrons. The van der Waals surface area contributed by atoms with Gasteiger partial charge in [-0.1, -0.05) is 22.0 Å². The normalized spacial score (nSPS) is 23.6. The van der Waals surface area contributed by atoms with Crippen LogP contribution in [0.5, 0.6) is 0 Å². The highest BCUT2D eigenvalue weighted by Crippen LogP contribution is 2.45. The Kier molecular flexibility index (Phi) is 3.15. The van der Waals surface area contributed by atoms with Crippen LogP contribution >= 0.6 is 27.7 Å². The molecule has 0 spiro atoms. The minimum absolute atomic E-state index is 0.266. The lowest BCUT2D eigenvalue weighted by atomic mass is 9.91. The smallest absolute Gasteiger partial charge is 0.0464 e. The monoisotopic (exact) mass is 285 g/mol. The van der Waals surface area contributed by atoms with E-state index in [1.54, 1.807) is 0 Å². The highest BCUT2D eigenvalue weighted by atomic mass is 79.9. The molecule has 1 N–H and O–H groups in total. The maximum Gasteiger partial charge on any atom is 0.0464 e. The molecule has 0 amide bonds. The number of thioether (sulfide) groups is 1. The van der Waals surface area contributed by atoms with Crippen LogP contribution in [0, 0.1) is 0 Å². The lowest BCUT2D eigenvalue weighted by molar-refractivity contribution is 0.474. The molecule has 1 unspecified atom stereocenters. The molecule has 0 aliphatic carbocycles. The molecule has 1 aromatic carbocycles. The summed E-state index contributed by atoms with van der Waals surface area (Å²) >= 11 is 5.57. The van der Waals surface area contributed by atoms with E-state index in [2.05, 4.69) is 53.3 Å². The molecule has 0 saturated heterocycles. The summed E-state index contributed by atoms with van der Waals surface area (Å²) in [6.45, 7) is 4.62. The molecule has 1 aromatic rings. The molecule has 15 heavy (non-hydrogen) atoms. The fourth-order valence-corrected chi connectivity index (χ4v) is 3.77. The Morgan fingerprint density at radius 2 is 2.20 bits per heavy atom. The van der Waals surface area contributed by atoms with Crippen molar-refractivity contribution in [1.29, 1.82) is 0 Å². The van der Waals surface area contributed by atoms with Crippen LogP contribution in [-0.2, 0) is 5.75 Å². The van der Waals surface area contributed by atoms with Crippen LogP contribution in [0.3, 0.4) is 0 Å². The van der Waals surface area contributed by atoms with Gasteiger partial charge in [-0.05, 0) is 44.2 Å². The third-order valence-electron chi connectivity index (χ3n) is 3.00. The average Bonchev–Trinajstić information content (AvgIpc) is 2.16. The summed E-state index contributed by atoms with van der Waals surface area (Å²) in [6.07, 6.45) is 0.